The second-order valence-electron chi connectivity index (χ2n) is 3.32. The van der Waals surface area contributed by atoms with Gasteiger partial charge in [0, 0.05) is 11.8 Å². The summed E-state index contributed by atoms with van der Waals surface area (Å²) in [7, 11) is 0. The summed E-state index contributed by atoms with van der Waals surface area (Å²) in [5, 5.41) is 14.4. The van der Waals surface area contributed by atoms with Crippen molar-refractivity contribution in [1.82, 2.24) is 4.98 Å². The van der Waals surface area contributed by atoms with E-state index in [0.717, 1.165) is 23.5 Å². The monoisotopic (exact) mass is 245 g/mol. The Morgan fingerprint density at radius 3 is 3.13 bits per heavy atom. The Labute approximate surface area is 95.4 Å². The molecule has 2 heterocycles. The highest BCUT2D eigenvalue weighted by atomic mass is 32.2. The Morgan fingerprint density at radius 1 is 1.67 bits per heavy atom. The van der Waals surface area contributed by atoms with Gasteiger partial charge in [-0.3, -0.25) is 10.1 Å². The summed E-state index contributed by atoms with van der Waals surface area (Å²) >= 11 is 3.02. The largest absolute Gasteiger partial charge is 0.358 e. The minimum Gasteiger partial charge on any atom is -0.358 e. The first kappa shape index (κ1) is 10.7. The van der Waals surface area contributed by atoms with Gasteiger partial charge in [-0.2, -0.15) is 11.8 Å². The molecule has 0 bridgehead atoms. The summed E-state index contributed by atoms with van der Waals surface area (Å²) in [5.41, 5.74) is 0. The Morgan fingerprint density at radius 2 is 2.53 bits per heavy atom. The van der Waals surface area contributed by atoms with Crippen molar-refractivity contribution in [3.8, 4) is 0 Å². The summed E-state index contributed by atoms with van der Waals surface area (Å²) in [6, 6.07) is 0.412. The van der Waals surface area contributed by atoms with Crippen molar-refractivity contribution in [2.45, 2.75) is 18.9 Å². The predicted molar refractivity (Wildman–Crippen MR) is 62.7 cm³/mol. The number of nitro groups is 1. The van der Waals surface area contributed by atoms with Crippen molar-refractivity contribution in [3.05, 3.63) is 16.3 Å². The normalized spacial score (nSPS) is 21.2. The summed E-state index contributed by atoms with van der Waals surface area (Å²) in [6.45, 7) is 0. The summed E-state index contributed by atoms with van der Waals surface area (Å²) in [5.74, 6) is 2.28. The van der Waals surface area contributed by atoms with Crippen molar-refractivity contribution in [2.75, 3.05) is 16.8 Å². The van der Waals surface area contributed by atoms with Gasteiger partial charge >= 0.3 is 5.00 Å². The molecule has 0 aromatic carbocycles. The average molecular weight is 245 g/mol. The van der Waals surface area contributed by atoms with Crippen LogP contribution in [0.4, 0.5) is 10.1 Å². The lowest BCUT2D eigenvalue weighted by Crippen LogP contribution is -2.25. The molecular weight excluding hydrogens is 234 g/mol. The first-order chi connectivity index (χ1) is 7.25. The van der Waals surface area contributed by atoms with E-state index in [4.69, 9.17) is 0 Å². The number of hydrogen-bond donors (Lipinski definition) is 1. The van der Waals surface area contributed by atoms with E-state index >= 15 is 0 Å². The van der Waals surface area contributed by atoms with Crippen LogP contribution >= 0.6 is 23.1 Å². The lowest BCUT2D eigenvalue weighted by molar-refractivity contribution is -0.380. The van der Waals surface area contributed by atoms with Crippen LogP contribution in [0.25, 0.3) is 0 Å². The first-order valence-electron chi connectivity index (χ1n) is 4.70. The van der Waals surface area contributed by atoms with Crippen LogP contribution in [0.5, 0.6) is 0 Å². The number of rotatable bonds is 3. The highest BCUT2D eigenvalue weighted by Crippen LogP contribution is 2.27. The second kappa shape index (κ2) is 4.80. The van der Waals surface area contributed by atoms with Gasteiger partial charge in [-0.1, -0.05) is 0 Å². The standard InChI is InChI=1S/C8H11N3O2S2/c12-11(13)7-4-9-8(15-7)10-6-2-1-3-14-5-6/h4,6H,1-3,5H2,(H,9,10). The SMILES string of the molecule is O=[N+]([O-])c1cnc(NC2CCCSC2)s1. The fourth-order valence-electron chi connectivity index (χ4n) is 1.45. The summed E-state index contributed by atoms with van der Waals surface area (Å²) < 4.78 is 0. The molecule has 0 spiro atoms. The summed E-state index contributed by atoms with van der Waals surface area (Å²) in [4.78, 5) is 14.0. The molecule has 1 saturated heterocycles. The van der Waals surface area contributed by atoms with E-state index in [9.17, 15) is 10.1 Å². The Bertz CT molecular complexity index is 349. The molecule has 0 amide bonds. The molecule has 7 heteroatoms. The Kier molecular flexibility index (Phi) is 3.42. The Hall–Kier alpha value is -0.820. The smallest absolute Gasteiger partial charge is 0.345 e. The second-order valence-corrected chi connectivity index (χ2v) is 5.48. The van der Waals surface area contributed by atoms with E-state index in [1.807, 2.05) is 11.8 Å². The average Bonchev–Trinajstić information content (AvgIpc) is 2.68. The van der Waals surface area contributed by atoms with Gasteiger partial charge in [-0.25, -0.2) is 4.98 Å². The number of aromatic nitrogens is 1. The van der Waals surface area contributed by atoms with Crippen LogP contribution in [0.2, 0.25) is 0 Å². The fourth-order valence-corrected chi connectivity index (χ4v) is 3.23. The summed E-state index contributed by atoms with van der Waals surface area (Å²) in [6.07, 6.45) is 3.64. The zero-order valence-corrected chi connectivity index (χ0v) is 9.64. The van der Waals surface area contributed by atoms with Crippen molar-refractivity contribution in [2.24, 2.45) is 0 Å². The highest BCUT2D eigenvalue weighted by Gasteiger charge is 2.17. The Balaban J connectivity index is 1.94. The van der Waals surface area contributed by atoms with E-state index in [-0.39, 0.29) is 5.00 Å². The number of nitrogens with zero attached hydrogens (tertiary/aromatic N) is 2. The molecule has 1 aromatic rings. The number of hydrogen-bond acceptors (Lipinski definition) is 6. The van der Waals surface area contributed by atoms with E-state index < -0.39 is 4.92 Å². The molecular formula is C8H11N3O2S2. The maximum atomic E-state index is 10.5. The molecule has 1 aliphatic heterocycles. The van der Waals surface area contributed by atoms with Gasteiger partial charge in [0.05, 0.1) is 4.92 Å². The van der Waals surface area contributed by atoms with Crippen molar-refractivity contribution < 1.29 is 4.92 Å². The van der Waals surface area contributed by atoms with Crippen LogP contribution in [0.1, 0.15) is 12.8 Å². The van der Waals surface area contributed by atoms with Crippen LogP contribution in [0, 0.1) is 10.1 Å². The molecule has 1 fully saturated rings. The molecule has 5 nitrogen and oxygen atoms in total. The van der Waals surface area contributed by atoms with Crippen LogP contribution in [0.15, 0.2) is 6.20 Å². The lowest BCUT2D eigenvalue weighted by atomic mass is 10.2. The van der Waals surface area contributed by atoms with Crippen LogP contribution in [-0.2, 0) is 0 Å². The van der Waals surface area contributed by atoms with Gasteiger partial charge in [0.1, 0.15) is 6.20 Å². The van der Waals surface area contributed by atoms with E-state index in [2.05, 4.69) is 10.3 Å². The highest BCUT2D eigenvalue weighted by molar-refractivity contribution is 7.99. The van der Waals surface area contributed by atoms with Crippen LogP contribution in [-0.4, -0.2) is 27.5 Å². The maximum Gasteiger partial charge on any atom is 0.345 e. The van der Waals surface area contributed by atoms with E-state index in [0.29, 0.717) is 11.2 Å². The van der Waals surface area contributed by atoms with Crippen LogP contribution < -0.4 is 5.32 Å². The number of thiazole rings is 1. The molecule has 0 radical (unpaired) electrons. The van der Waals surface area contributed by atoms with Gasteiger partial charge in [-0.05, 0) is 29.9 Å². The van der Waals surface area contributed by atoms with E-state index in [1.165, 1.54) is 18.4 Å². The van der Waals surface area contributed by atoms with E-state index in [1.54, 1.807) is 0 Å². The van der Waals surface area contributed by atoms with Gasteiger partial charge in [0.25, 0.3) is 0 Å². The molecule has 15 heavy (non-hydrogen) atoms. The lowest BCUT2D eigenvalue weighted by Gasteiger charge is -2.21. The minimum absolute atomic E-state index is 0.0981. The third-order valence-electron chi connectivity index (χ3n) is 2.16. The van der Waals surface area contributed by atoms with Crippen LogP contribution in [0.3, 0.4) is 0 Å². The third kappa shape index (κ3) is 2.82. The predicted octanol–water partition coefficient (Wildman–Crippen LogP) is 2.36. The fraction of sp³-hybridized carbons (Fsp3) is 0.625. The number of anilines is 1. The molecule has 1 aromatic heterocycles. The molecule has 82 valence electrons. The van der Waals surface area contributed by atoms with Crippen molar-refractivity contribution >= 4 is 33.2 Å². The molecule has 1 unspecified atom stereocenters. The van der Waals surface area contributed by atoms with Crippen molar-refractivity contribution in [1.29, 1.82) is 0 Å². The quantitative estimate of drug-likeness (QED) is 0.654. The van der Waals surface area contributed by atoms with Gasteiger partial charge < -0.3 is 5.32 Å². The van der Waals surface area contributed by atoms with Gasteiger partial charge in [0.15, 0.2) is 5.13 Å². The zero-order chi connectivity index (χ0) is 10.7. The number of thioether (sulfide) groups is 1. The maximum absolute atomic E-state index is 10.5. The molecule has 0 saturated carbocycles. The zero-order valence-electron chi connectivity index (χ0n) is 8.01. The third-order valence-corrected chi connectivity index (χ3v) is 4.26. The number of nitrogens with one attached hydrogen (secondary N) is 1. The molecule has 1 aliphatic rings. The minimum atomic E-state index is -0.404. The first-order valence-corrected chi connectivity index (χ1v) is 6.67. The van der Waals surface area contributed by atoms with Gasteiger partial charge in [-0.15, -0.1) is 0 Å². The molecule has 1 atom stereocenters. The van der Waals surface area contributed by atoms with Crippen molar-refractivity contribution in [3.63, 3.8) is 0 Å². The topological polar surface area (TPSA) is 68.1 Å². The molecule has 2 rings (SSSR count). The molecule has 0 aliphatic carbocycles. The molecule has 1 N–H and O–H groups in total. The van der Waals surface area contributed by atoms with Gasteiger partial charge in [0.2, 0.25) is 0 Å².